The molecule has 2 bridgehead atoms. The van der Waals surface area contributed by atoms with Gasteiger partial charge in [-0.2, -0.15) is 0 Å². The van der Waals surface area contributed by atoms with E-state index >= 15 is 0 Å². The Hall–Kier alpha value is -4.94. The number of ether oxygens (including phenoxy) is 1. The first kappa shape index (κ1) is 36.9. The lowest BCUT2D eigenvalue weighted by molar-refractivity contribution is -0.136. The Balaban J connectivity index is 1.46. The van der Waals surface area contributed by atoms with Crippen LogP contribution in [0.1, 0.15) is 57.8 Å². The van der Waals surface area contributed by atoms with E-state index in [0.29, 0.717) is 25.1 Å². The van der Waals surface area contributed by atoms with Crippen molar-refractivity contribution in [2.45, 2.75) is 77.9 Å². The van der Waals surface area contributed by atoms with Gasteiger partial charge in [0.25, 0.3) is 5.91 Å². The van der Waals surface area contributed by atoms with Gasteiger partial charge in [0.2, 0.25) is 23.6 Å². The summed E-state index contributed by atoms with van der Waals surface area (Å²) in [5.41, 5.74) is 2.61. The Kier molecular flexibility index (Phi) is 13.5. The van der Waals surface area contributed by atoms with Gasteiger partial charge in [-0.05, 0) is 48.6 Å². The van der Waals surface area contributed by atoms with Crippen LogP contribution in [-0.2, 0) is 43.4 Å². The molecule has 0 spiro atoms. The molecule has 5 amide bonds. The summed E-state index contributed by atoms with van der Waals surface area (Å²) in [4.78, 5) is 71.3. The molecule has 13 heteroatoms. The molecule has 1 aromatic heterocycles. The second-order valence-corrected chi connectivity index (χ2v) is 12.8. The predicted molar refractivity (Wildman–Crippen MR) is 186 cm³/mol. The Labute approximate surface area is 287 Å². The first-order valence-electron chi connectivity index (χ1n) is 17.1. The Morgan fingerprint density at radius 1 is 1.02 bits per heavy atom. The maximum atomic E-state index is 13.4. The molecule has 2 aliphatic heterocycles. The summed E-state index contributed by atoms with van der Waals surface area (Å²) in [6, 6.07) is 13.2. The maximum absolute atomic E-state index is 13.4. The molecule has 264 valence electrons. The zero-order valence-electron chi connectivity index (χ0n) is 28.9. The van der Waals surface area contributed by atoms with Gasteiger partial charge < -0.3 is 35.5 Å². The van der Waals surface area contributed by atoms with E-state index in [4.69, 9.17) is 4.74 Å². The normalized spacial score (nSPS) is 19.0. The van der Waals surface area contributed by atoms with Crippen LogP contribution in [0.25, 0.3) is 11.0 Å². The number of nitrogens with zero attached hydrogens (tertiary/aromatic N) is 3. The molecule has 0 unspecified atom stereocenters. The molecule has 5 rings (SSSR count). The molecule has 2 aliphatic rings. The largest absolute Gasteiger partial charge is 0.484 e. The number of benzene rings is 2. The zero-order valence-corrected chi connectivity index (χ0v) is 28.9. The lowest BCUT2D eigenvalue weighted by atomic mass is 10.0. The number of likely N-dealkylation sites (N-methyl/N-ethyl adjacent to an activating group) is 1. The molecule has 0 aliphatic carbocycles. The summed E-state index contributed by atoms with van der Waals surface area (Å²) in [6.07, 6.45) is 2.01. The first-order valence-corrected chi connectivity index (χ1v) is 17.1. The predicted octanol–water partition coefficient (Wildman–Crippen LogP) is 2.11. The van der Waals surface area contributed by atoms with E-state index in [9.17, 15) is 24.0 Å². The van der Waals surface area contributed by atoms with Gasteiger partial charge in [0.1, 0.15) is 23.7 Å². The fourth-order valence-corrected chi connectivity index (χ4v) is 5.77. The van der Waals surface area contributed by atoms with Gasteiger partial charge in [-0.25, -0.2) is 4.98 Å². The highest BCUT2D eigenvalue weighted by Gasteiger charge is 2.26. The number of para-hydroxylation sites is 2. The van der Waals surface area contributed by atoms with Crippen molar-refractivity contribution in [2.75, 3.05) is 33.3 Å². The molecule has 0 fully saturated rings. The quantitative estimate of drug-likeness (QED) is 0.279. The molecule has 4 N–H and O–H groups in total. The molecule has 0 saturated heterocycles. The van der Waals surface area contributed by atoms with E-state index in [1.807, 2.05) is 49.6 Å². The third-order valence-electron chi connectivity index (χ3n) is 8.36. The van der Waals surface area contributed by atoms with E-state index in [1.54, 1.807) is 31.3 Å². The monoisotopic (exact) mass is 675 g/mol. The molecule has 3 heterocycles. The van der Waals surface area contributed by atoms with Crippen molar-refractivity contribution in [1.82, 2.24) is 35.7 Å². The third kappa shape index (κ3) is 11.0. The van der Waals surface area contributed by atoms with Crippen molar-refractivity contribution >= 4 is 40.6 Å². The number of aromatic nitrogens is 2. The average Bonchev–Trinajstić information content (AvgIpc) is 3.44. The Bertz CT molecular complexity index is 1600. The van der Waals surface area contributed by atoms with Crippen LogP contribution in [0.5, 0.6) is 5.75 Å². The van der Waals surface area contributed by atoms with Crippen LogP contribution in [0.3, 0.4) is 0 Å². The van der Waals surface area contributed by atoms with Gasteiger partial charge in [0.05, 0.1) is 11.0 Å². The standard InChI is InChI=1S/C36H49N7O6/c1-5-31-39-27-9-6-7-10-30(27)43(31)19-16-33(45)40-28-22-25-12-14-26(15-13-25)49-23-34(46)37-18-20-42(4)36(48)29(21-24(2)3)41-32(44)11-8-17-38-35(28)47/h6-7,9-10,12-15,24,28-29H,5,8,11,16-23H2,1-4H3,(H,37,46)(H,38,47)(H,40,45)(H,41,44)/t28-,29-/m0/s1. The molecular weight excluding hydrogens is 626 g/mol. The van der Waals surface area contributed by atoms with Crippen molar-refractivity contribution in [3.63, 3.8) is 0 Å². The van der Waals surface area contributed by atoms with Crippen molar-refractivity contribution < 1.29 is 28.7 Å². The number of hydrogen-bond acceptors (Lipinski definition) is 7. The molecule has 3 aromatic rings. The smallest absolute Gasteiger partial charge is 0.258 e. The van der Waals surface area contributed by atoms with Crippen LogP contribution >= 0.6 is 0 Å². The Morgan fingerprint density at radius 3 is 2.51 bits per heavy atom. The Morgan fingerprint density at radius 2 is 1.78 bits per heavy atom. The molecule has 2 aromatic carbocycles. The maximum Gasteiger partial charge on any atom is 0.258 e. The average molecular weight is 676 g/mol. The second-order valence-electron chi connectivity index (χ2n) is 12.8. The number of imidazole rings is 1. The summed E-state index contributed by atoms with van der Waals surface area (Å²) in [6.45, 7) is 6.89. The van der Waals surface area contributed by atoms with Crippen LogP contribution in [0.4, 0.5) is 0 Å². The molecular formula is C36H49N7O6. The minimum absolute atomic E-state index is 0.110. The summed E-state index contributed by atoms with van der Waals surface area (Å²) in [7, 11) is 1.64. The number of fused-ring (bicyclic) bond motifs is 20. The van der Waals surface area contributed by atoms with Crippen molar-refractivity contribution in [3.05, 3.63) is 59.9 Å². The number of aryl methyl sites for hydroxylation is 2. The van der Waals surface area contributed by atoms with Crippen molar-refractivity contribution in [2.24, 2.45) is 5.92 Å². The number of nitrogens with one attached hydrogen (secondary N) is 4. The lowest BCUT2D eigenvalue weighted by Gasteiger charge is -2.26. The minimum atomic E-state index is -0.870. The first-order chi connectivity index (χ1) is 23.5. The topological polar surface area (TPSA) is 164 Å². The van der Waals surface area contributed by atoms with Gasteiger partial charge in [-0.3, -0.25) is 24.0 Å². The van der Waals surface area contributed by atoms with Crippen LogP contribution < -0.4 is 26.0 Å². The molecule has 49 heavy (non-hydrogen) atoms. The number of carbonyl (C=O) groups excluding carboxylic acids is 5. The van der Waals surface area contributed by atoms with E-state index in [0.717, 1.165) is 28.8 Å². The number of carbonyl (C=O) groups is 5. The number of rotatable bonds is 7. The van der Waals surface area contributed by atoms with Crippen LogP contribution in [-0.4, -0.2) is 89.4 Å². The molecule has 2 atom stereocenters. The van der Waals surface area contributed by atoms with Gasteiger partial charge in [0.15, 0.2) is 6.61 Å². The molecule has 0 saturated carbocycles. The fourth-order valence-electron chi connectivity index (χ4n) is 5.77. The van der Waals surface area contributed by atoms with Gasteiger partial charge in [-0.15, -0.1) is 0 Å². The summed E-state index contributed by atoms with van der Waals surface area (Å²) in [5, 5.41) is 11.4. The third-order valence-corrected chi connectivity index (χ3v) is 8.36. The molecule has 13 nitrogen and oxygen atoms in total. The van der Waals surface area contributed by atoms with Crippen LogP contribution in [0.2, 0.25) is 0 Å². The van der Waals surface area contributed by atoms with Crippen molar-refractivity contribution in [3.8, 4) is 5.75 Å². The van der Waals surface area contributed by atoms with E-state index in [2.05, 4.69) is 26.3 Å². The van der Waals surface area contributed by atoms with Gasteiger partial charge in [-0.1, -0.05) is 45.0 Å². The van der Waals surface area contributed by atoms with Crippen LogP contribution in [0.15, 0.2) is 48.5 Å². The van der Waals surface area contributed by atoms with Crippen molar-refractivity contribution in [1.29, 1.82) is 0 Å². The highest BCUT2D eigenvalue weighted by Crippen LogP contribution is 2.18. The SMILES string of the molecule is CCc1nc2ccccc2n1CCC(=O)N[C@H]1Cc2ccc(cc2)OCC(=O)NCCN(C)C(=O)[C@H](CC(C)C)NC(=O)CCCNC1=O. The fraction of sp³-hybridized carbons (Fsp3) is 0.500. The van der Waals surface area contributed by atoms with E-state index < -0.39 is 12.1 Å². The van der Waals surface area contributed by atoms with Crippen LogP contribution in [0, 0.1) is 5.92 Å². The summed E-state index contributed by atoms with van der Waals surface area (Å²) in [5.74, 6) is -0.00511. The highest BCUT2D eigenvalue weighted by atomic mass is 16.5. The number of amides is 5. The number of hydrogen-bond donors (Lipinski definition) is 4. The highest BCUT2D eigenvalue weighted by molar-refractivity contribution is 5.89. The minimum Gasteiger partial charge on any atom is -0.484 e. The molecule has 0 radical (unpaired) electrons. The van der Waals surface area contributed by atoms with E-state index in [1.165, 1.54) is 4.90 Å². The zero-order chi connectivity index (χ0) is 35.3. The summed E-state index contributed by atoms with van der Waals surface area (Å²) < 4.78 is 7.67. The lowest BCUT2D eigenvalue weighted by Crippen LogP contribution is -2.50. The van der Waals surface area contributed by atoms with Gasteiger partial charge >= 0.3 is 0 Å². The summed E-state index contributed by atoms with van der Waals surface area (Å²) >= 11 is 0. The second kappa shape index (κ2) is 18.0. The van der Waals surface area contributed by atoms with E-state index in [-0.39, 0.29) is 81.0 Å². The van der Waals surface area contributed by atoms with Gasteiger partial charge in [0, 0.05) is 58.9 Å².